The highest BCUT2D eigenvalue weighted by molar-refractivity contribution is 5.88. The molecule has 0 bridgehead atoms. The van der Waals surface area contributed by atoms with Crippen molar-refractivity contribution >= 4 is 10.8 Å². The Morgan fingerprint density at radius 1 is 1.11 bits per heavy atom. The van der Waals surface area contributed by atoms with Gasteiger partial charge in [-0.25, -0.2) is 0 Å². The zero-order valence-electron chi connectivity index (χ0n) is 11.2. The fraction of sp³-hybridized carbons (Fsp3) is 0.353. The van der Waals surface area contributed by atoms with E-state index in [0.29, 0.717) is 0 Å². The van der Waals surface area contributed by atoms with Crippen LogP contribution in [0.15, 0.2) is 30.3 Å². The fourth-order valence-electron chi connectivity index (χ4n) is 2.44. The molecule has 0 radical (unpaired) electrons. The van der Waals surface area contributed by atoms with Crippen molar-refractivity contribution in [2.24, 2.45) is 0 Å². The number of rotatable bonds is 4. The number of nitriles is 1. The molecule has 0 aliphatic rings. The van der Waals surface area contributed by atoms with Gasteiger partial charge in [-0.3, -0.25) is 0 Å². The van der Waals surface area contributed by atoms with Gasteiger partial charge in [0, 0.05) is 0 Å². The summed E-state index contributed by atoms with van der Waals surface area (Å²) in [6, 6.07) is 12.8. The Balaban J connectivity index is 2.48. The number of hydrogen-bond acceptors (Lipinski definition) is 1. The summed E-state index contributed by atoms with van der Waals surface area (Å²) in [5, 5.41) is 11.7. The van der Waals surface area contributed by atoms with Crippen LogP contribution in [0.5, 0.6) is 0 Å². The minimum Gasteiger partial charge on any atom is -0.192 e. The SMILES string of the molecule is CCCCCc1c(C#N)ccc2cc(C)ccc12. The Morgan fingerprint density at radius 3 is 2.67 bits per heavy atom. The van der Waals surface area contributed by atoms with Crippen molar-refractivity contribution in [1.82, 2.24) is 0 Å². The predicted octanol–water partition coefficient (Wildman–Crippen LogP) is 4.75. The Hall–Kier alpha value is -1.81. The van der Waals surface area contributed by atoms with Crippen LogP contribution >= 0.6 is 0 Å². The summed E-state index contributed by atoms with van der Waals surface area (Å²) in [6.07, 6.45) is 4.62. The van der Waals surface area contributed by atoms with Crippen LogP contribution < -0.4 is 0 Å². The van der Waals surface area contributed by atoms with Crippen molar-refractivity contribution in [2.45, 2.75) is 39.5 Å². The zero-order valence-corrected chi connectivity index (χ0v) is 11.2. The molecule has 0 saturated heterocycles. The van der Waals surface area contributed by atoms with Crippen LogP contribution in [0.25, 0.3) is 10.8 Å². The Bertz CT molecular complexity index is 590. The predicted molar refractivity (Wildman–Crippen MR) is 76.6 cm³/mol. The molecular weight excluding hydrogens is 218 g/mol. The molecule has 2 aromatic carbocycles. The van der Waals surface area contributed by atoms with Crippen molar-refractivity contribution in [2.75, 3.05) is 0 Å². The summed E-state index contributed by atoms with van der Waals surface area (Å²) in [6.45, 7) is 4.31. The minimum atomic E-state index is 0.836. The number of benzene rings is 2. The molecule has 0 fully saturated rings. The molecule has 2 aromatic rings. The van der Waals surface area contributed by atoms with Gasteiger partial charge in [-0.2, -0.15) is 5.26 Å². The van der Waals surface area contributed by atoms with Crippen molar-refractivity contribution in [3.63, 3.8) is 0 Å². The van der Waals surface area contributed by atoms with Gasteiger partial charge in [0.2, 0.25) is 0 Å². The topological polar surface area (TPSA) is 23.8 Å². The van der Waals surface area contributed by atoms with E-state index in [1.807, 2.05) is 6.07 Å². The molecule has 0 aliphatic carbocycles. The number of aryl methyl sites for hydroxylation is 2. The lowest BCUT2D eigenvalue weighted by molar-refractivity contribution is 0.719. The molecule has 0 N–H and O–H groups in total. The summed E-state index contributed by atoms with van der Waals surface area (Å²) < 4.78 is 0. The Kier molecular flexibility index (Phi) is 3.99. The van der Waals surface area contributed by atoms with Crippen molar-refractivity contribution in [3.8, 4) is 6.07 Å². The van der Waals surface area contributed by atoms with E-state index < -0.39 is 0 Å². The lowest BCUT2D eigenvalue weighted by atomic mass is 9.94. The number of unbranched alkanes of at least 4 members (excludes halogenated alkanes) is 2. The highest BCUT2D eigenvalue weighted by Gasteiger charge is 2.07. The molecule has 0 aromatic heterocycles. The summed E-state index contributed by atoms with van der Waals surface area (Å²) in [5.41, 5.74) is 3.33. The van der Waals surface area contributed by atoms with Crippen LogP contribution in [0.3, 0.4) is 0 Å². The molecule has 0 unspecified atom stereocenters. The Morgan fingerprint density at radius 2 is 1.94 bits per heavy atom. The van der Waals surface area contributed by atoms with Gasteiger partial charge in [0.15, 0.2) is 0 Å². The molecule has 0 spiro atoms. The van der Waals surface area contributed by atoms with Crippen molar-refractivity contribution < 1.29 is 0 Å². The first kappa shape index (κ1) is 12.6. The van der Waals surface area contributed by atoms with Gasteiger partial charge in [-0.15, -0.1) is 0 Å². The normalized spacial score (nSPS) is 10.5. The first-order valence-electron chi connectivity index (χ1n) is 6.68. The van der Waals surface area contributed by atoms with Crippen LogP contribution in [-0.2, 0) is 6.42 Å². The molecule has 0 atom stereocenters. The zero-order chi connectivity index (χ0) is 13.0. The first-order chi connectivity index (χ1) is 8.76. The summed E-state index contributed by atoms with van der Waals surface area (Å²) in [4.78, 5) is 0. The van der Waals surface area contributed by atoms with E-state index in [4.69, 9.17) is 0 Å². The maximum atomic E-state index is 9.24. The van der Waals surface area contributed by atoms with Crippen LogP contribution in [0.1, 0.15) is 42.9 Å². The van der Waals surface area contributed by atoms with Crippen LogP contribution in [0, 0.1) is 18.3 Å². The monoisotopic (exact) mass is 237 g/mol. The second kappa shape index (κ2) is 5.69. The van der Waals surface area contributed by atoms with E-state index >= 15 is 0 Å². The third-order valence-corrected chi connectivity index (χ3v) is 3.44. The standard InChI is InChI=1S/C17H19N/c1-3-4-5-6-16-15(12-18)9-8-14-11-13(2)7-10-17(14)16/h7-11H,3-6H2,1-2H3. The molecule has 0 amide bonds. The molecule has 0 heterocycles. The molecule has 0 aliphatic heterocycles. The van der Waals surface area contributed by atoms with Gasteiger partial charge < -0.3 is 0 Å². The molecule has 1 nitrogen and oxygen atoms in total. The summed E-state index contributed by atoms with van der Waals surface area (Å²) in [7, 11) is 0. The highest BCUT2D eigenvalue weighted by Crippen LogP contribution is 2.25. The molecule has 92 valence electrons. The van der Waals surface area contributed by atoms with Gasteiger partial charge in [-0.1, -0.05) is 49.6 Å². The van der Waals surface area contributed by atoms with Crippen molar-refractivity contribution in [3.05, 3.63) is 47.0 Å². The van der Waals surface area contributed by atoms with Crippen LogP contribution in [0.4, 0.5) is 0 Å². The molecular formula is C17H19N. The van der Waals surface area contributed by atoms with Crippen LogP contribution in [-0.4, -0.2) is 0 Å². The average molecular weight is 237 g/mol. The van der Waals surface area contributed by atoms with Gasteiger partial charge in [0.05, 0.1) is 11.6 Å². The quantitative estimate of drug-likeness (QED) is 0.704. The Labute approximate surface area is 109 Å². The van der Waals surface area contributed by atoms with E-state index in [1.165, 1.54) is 34.7 Å². The summed E-state index contributed by atoms with van der Waals surface area (Å²) >= 11 is 0. The van der Waals surface area contributed by atoms with Gasteiger partial charge in [0.1, 0.15) is 0 Å². The third-order valence-electron chi connectivity index (χ3n) is 3.44. The maximum Gasteiger partial charge on any atom is 0.0994 e. The molecule has 1 heteroatoms. The average Bonchev–Trinajstić information content (AvgIpc) is 2.38. The second-order valence-electron chi connectivity index (χ2n) is 4.89. The fourth-order valence-corrected chi connectivity index (χ4v) is 2.44. The minimum absolute atomic E-state index is 0.836. The van der Waals surface area contributed by atoms with Gasteiger partial charge in [-0.05, 0) is 42.2 Å². The van der Waals surface area contributed by atoms with Gasteiger partial charge >= 0.3 is 0 Å². The number of nitrogens with zero attached hydrogens (tertiary/aromatic N) is 1. The second-order valence-corrected chi connectivity index (χ2v) is 4.89. The van der Waals surface area contributed by atoms with E-state index in [-0.39, 0.29) is 0 Å². The van der Waals surface area contributed by atoms with Gasteiger partial charge in [0.25, 0.3) is 0 Å². The number of fused-ring (bicyclic) bond motifs is 1. The lowest BCUT2D eigenvalue weighted by Crippen LogP contribution is -1.93. The van der Waals surface area contributed by atoms with Crippen LogP contribution in [0.2, 0.25) is 0 Å². The first-order valence-corrected chi connectivity index (χ1v) is 6.68. The van der Waals surface area contributed by atoms with E-state index in [2.05, 4.69) is 44.2 Å². The lowest BCUT2D eigenvalue weighted by Gasteiger charge is -2.09. The van der Waals surface area contributed by atoms with E-state index in [1.54, 1.807) is 0 Å². The van der Waals surface area contributed by atoms with E-state index in [9.17, 15) is 5.26 Å². The highest BCUT2D eigenvalue weighted by atomic mass is 14.2. The third kappa shape index (κ3) is 2.54. The van der Waals surface area contributed by atoms with E-state index in [0.717, 1.165) is 18.4 Å². The largest absolute Gasteiger partial charge is 0.192 e. The smallest absolute Gasteiger partial charge is 0.0994 e. The summed E-state index contributed by atoms with van der Waals surface area (Å²) in [5.74, 6) is 0. The molecule has 2 rings (SSSR count). The number of hydrogen-bond donors (Lipinski definition) is 0. The van der Waals surface area contributed by atoms with Crippen molar-refractivity contribution in [1.29, 1.82) is 5.26 Å². The molecule has 0 saturated carbocycles. The maximum absolute atomic E-state index is 9.24. The molecule has 18 heavy (non-hydrogen) atoms.